The van der Waals surface area contributed by atoms with Crippen LogP contribution in [0.3, 0.4) is 0 Å². The number of nitrogens with zero attached hydrogens (tertiary/aromatic N) is 6. The molecule has 0 bridgehead atoms. The summed E-state index contributed by atoms with van der Waals surface area (Å²) in [6.45, 7) is 24.4. The molecule has 8 nitrogen and oxygen atoms in total. The second-order valence-corrected chi connectivity index (χ2v) is 36.1. The molecule has 2 aliphatic heterocycles. The van der Waals surface area contributed by atoms with Crippen LogP contribution in [0.5, 0.6) is 0 Å². The Labute approximate surface area is 646 Å². The van der Waals surface area contributed by atoms with Gasteiger partial charge in [0.25, 0.3) is 11.8 Å². The highest BCUT2D eigenvalue weighted by Crippen LogP contribution is 2.64. The Morgan fingerprint density at radius 2 is 0.673 bits per heavy atom. The Balaban J connectivity index is 1.09. The summed E-state index contributed by atoms with van der Waals surface area (Å²) >= 11 is 6.28. The lowest BCUT2D eigenvalue weighted by molar-refractivity contribution is -0.124. The fraction of sp³-hybridized carbons (Fsp3) is 0.652. The van der Waals surface area contributed by atoms with Gasteiger partial charge in [0, 0.05) is 50.4 Å². The lowest BCUT2D eigenvalue weighted by Gasteiger charge is -2.35. The van der Waals surface area contributed by atoms with E-state index in [1.165, 1.54) is 297 Å². The average molecular weight is 1480 g/mol. The number of benzene rings is 3. The van der Waals surface area contributed by atoms with Gasteiger partial charge in [0.2, 0.25) is 0 Å². The molecule has 3 aromatic carbocycles. The Morgan fingerprint density at radius 1 is 0.346 bits per heavy atom. The first kappa shape index (κ1) is 80.1. The summed E-state index contributed by atoms with van der Waals surface area (Å²) in [5, 5.41) is 0. The molecule has 0 spiro atoms. The van der Waals surface area contributed by atoms with Crippen LogP contribution in [0, 0.1) is 25.7 Å². The predicted octanol–water partition coefficient (Wildman–Crippen LogP) is 29.0. The molecule has 104 heavy (non-hydrogen) atoms. The number of aryl methyl sites for hydroxylation is 2. The molecule has 0 N–H and O–H groups in total. The summed E-state index contributed by atoms with van der Waals surface area (Å²) in [4.78, 5) is 41.6. The smallest absolute Gasteiger partial charge is 0.261 e. The van der Waals surface area contributed by atoms with Gasteiger partial charge in [0.1, 0.15) is 22.1 Å². The minimum absolute atomic E-state index is 0.0264. The van der Waals surface area contributed by atoms with Crippen LogP contribution in [0.15, 0.2) is 59.7 Å². The number of hydrogen-bond acceptors (Lipinski definition) is 10. The third-order valence-corrected chi connectivity index (χ3v) is 28.0. The quantitative estimate of drug-likeness (QED) is 0.0353. The lowest BCUT2D eigenvalue weighted by atomic mass is 9.68. The zero-order chi connectivity index (χ0) is 73.0. The van der Waals surface area contributed by atoms with E-state index < -0.39 is 0 Å². The van der Waals surface area contributed by atoms with Gasteiger partial charge in [-0.05, 0) is 158 Å². The molecule has 2 atom stereocenters. The highest BCUT2D eigenvalue weighted by molar-refractivity contribution is 7.16. The fourth-order valence-corrected chi connectivity index (χ4v) is 22.3. The molecular weight excluding hydrogens is 1350 g/mol. The topological polar surface area (TPSA) is 92.2 Å². The van der Waals surface area contributed by atoms with E-state index in [0.717, 1.165) is 118 Å². The third kappa shape index (κ3) is 17.7. The van der Waals surface area contributed by atoms with E-state index in [0.29, 0.717) is 36.1 Å². The van der Waals surface area contributed by atoms with Gasteiger partial charge in [0.15, 0.2) is 0 Å². The van der Waals surface area contributed by atoms with Crippen molar-refractivity contribution in [1.29, 1.82) is 0 Å². The molecule has 0 radical (unpaired) electrons. The number of hydrogen-bond donors (Lipinski definition) is 0. The van der Waals surface area contributed by atoms with E-state index in [1.54, 1.807) is 22.7 Å². The largest absolute Gasteiger partial charge is 0.306 e. The van der Waals surface area contributed by atoms with Gasteiger partial charge in [-0.25, -0.2) is 0 Å². The highest BCUT2D eigenvalue weighted by Gasteiger charge is 2.52. The number of fused-ring (bicyclic) bond motifs is 11. The van der Waals surface area contributed by atoms with Crippen LogP contribution >= 0.6 is 46.1 Å². The number of rotatable bonds is 51. The van der Waals surface area contributed by atoms with Gasteiger partial charge in [-0.1, -0.05) is 293 Å². The number of carbonyl (C=O) groups is 2. The Morgan fingerprint density at radius 3 is 1.09 bits per heavy atom. The van der Waals surface area contributed by atoms with Crippen LogP contribution in [-0.2, 0) is 20.4 Å². The molecule has 7 aromatic rings. The average Bonchev–Trinajstić information content (AvgIpc) is 1.52. The van der Waals surface area contributed by atoms with Gasteiger partial charge >= 0.3 is 0 Å². The minimum atomic E-state index is -0.258. The molecule has 566 valence electrons. The second kappa shape index (κ2) is 39.5. The standard InChI is InChI=1S/C92H132N6O2S4/c1-11-19-27-35-37-41-49-67(47-39-29-21-13-3)63-97-87(77-52-51-66(10)101-77)81-82(90(97)100)88(98(89(81)99)64-68(48-40-30-22-14-4)50-42-38-36-28-20-12-2)78-54-53-76(102-78)71-62-75-80(86-84(71)94-104-96-86)70-61-72-69(60-73(70)92(75,57-45-33-25-17-7)58-46-34-26-18-8)79-74(59-65(9)83-85(79)95-103-93-83)91(72,55-43-31-23-15-5)56-44-32-24-16-6/h51-54,59-62,67-68H,11-50,55-58,63-64H2,1-10H3. The normalized spacial score (nSPS) is 15.6. The van der Waals surface area contributed by atoms with Crippen LogP contribution in [0.4, 0.5) is 0 Å². The van der Waals surface area contributed by atoms with E-state index in [2.05, 4.69) is 128 Å². The van der Waals surface area contributed by atoms with Crippen molar-refractivity contribution in [3.63, 3.8) is 0 Å². The molecule has 2 amide bonds. The van der Waals surface area contributed by atoms with Crippen LogP contribution in [0.25, 0.3) is 66.2 Å². The number of carbonyl (C=O) groups excluding carboxylic acids is 2. The lowest BCUT2D eigenvalue weighted by Crippen LogP contribution is -2.34. The molecule has 0 fully saturated rings. The van der Waals surface area contributed by atoms with Crippen LogP contribution in [0.2, 0.25) is 0 Å². The SMILES string of the molecule is CCCCCCCCC(CCCCCC)CN1C(=O)C2=C(c3ccc(-c4cc5c(c6nsnc46)-c4cc6c(cc4C5(CCCCCC)CCCCCC)-c4c(cc(C)c5nsnc45)C6(CCCCCC)CCCCCC)s3)N(CC(CCCCCC)CCCCCCCC)C(=O)C2=C1c1ccc(C)s1. The van der Waals surface area contributed by atoms with E-state index in [-0.39, 0.29) is 22.6 Å². The molecule has 4 aliphatic rings. The molecule has 4 aromatic heterocycles. The van der Waals surface area contributed by atoms with Crippen molar-refractivity contribution in [3.05, 3.63) is 102 Å². The number of amides is 2. The zero-order valence-corrected chi connectivity index (χ0v) is 69.7. The van der Waals surface area contributed by atoms with Gasteiger partial charge < -0.3 is 9.80 Å². The zero-order valence-electron chi connectivity index (χ0n) is 66.4. The van der Waals surface area contributed by atoms with Crippen molar-refractivity contribution in [3.8, 4) is 32.7 Å². The first-order valence-corrected chi connectivity index (χ1v) is 46.1. The van der Waals surface area contributed by atoms with Crippen molar-refractivity contribution < 1.29 is 9.59 Å². The van der Waals surface area contributed by atoms with Crippen LogP contribution < -0.4 is 0 Å². The summed E-state index contributed by atoms with van der Waals surface area (Å²) in [5.41, 5.74) is 20.5. The van der Waals surface area contributed by atoms with Crippen molar-refractivity contribution in [2.24, 2.45) is 11.8 Å². The third-order valence-electron chi connectivity index (χ3n) is 24.9. The van der Waals surface area contributed by atoms with Crippen molar-refractivity contribution in [2.75, 3.05) is 13.1 Å². The minimum Gasteiger partial charge on any atom is -0.306 e. The van der Waals surface area contributed by atoms with Crippen molar-refractivity contribution in [2.45, 2.75) is 363 Å². The van der Waals surface area contributed by atoms with Gasteiger partial charge in [-0.3, -0.25) is 9.59 Å². The molecule has 12 heteroatoms. The van der Waals surface area contributed by atoms with Gasteiger partial charge in [0.05, 0.1) is 55.8 Å². The van der Waals surface area contributed by atoms with Gasteiger partial charge in [-0.2, -0.15) is 17.5 Å². The predicted molar refractivity (Wildman–Crippen MR) is 451 cm³/mol. The summed E-state index contributed by atoms with van der Waals surface area (Å²) in [6, 6.07) is 19.7. The van der Waals surface area contributed by atoms with Gasteiger partial charge in [-0.15, -0.1) is 22.7 Å². The highest BCUT2D eigenvalue weighted by atomic mass is 32.1. The number of aromatic nitrogens is 4. The Hall–Kier alpha value is -4.88. The summed E-state index contributed by atoms with van der Waals surface area (Å²) in [7, 11) is 0. The van der Waals surface area contributed by atoms with Crippen LogP contribution in [0.1, 0.15) is 380 Å². The monoisotopic (exact) mass is 1480 g/mol. The molecule has 2 aliphatic carbocycles. The molecule has 2 unspecified atom stereocenters. The fourth-order valence-electron chi connectivity index (χ4n) is 19.1. The van der Waals surface area contributed by atoms with Crippen LogP contribution in [-0.4, -0.2) is 52.2 Å². The first-order chi connectivity index (χ1) is 51.0. The summed E-state index contributed by atoms with van der Waals surface area (Å²) in [5.74, 6) is 0.742. The van der Waals surface area contributed by atoms with E-state index in [1.807, 2.05) is 0 Å². The summed E-state index contributed by atoms with van der Waals surface area (Å²) < 4.78 is 21.3. The summed E-state index contributed by atoms with van der Waals surface area (Å²) in [6.07, 6.45) is 53.0. The Kier molecular flexibility index (Phi) is 30.4. The molecule has 0 saturated heterocycles. The molecule has 0 saturated carbocycles. The molecular formula is C92H132N6O2S4. The Bertz CT molecular complexity index is 3960. The van der Waals surface area contributed by atoms with E-state index >= 15 is 9.59 Å². The second-order valence-electron chi connectivity index (χ2n) is 32.6. The maximum atomic E-state index is 16.5. The number of unbranched alkanes of at least 4 members (excludes halogenated alkanes) is 28. The number of thiophene rings is 2. The van der Waals surface area contributed by atoms with E-state index in [4.69, 9.17) is 17.5 Å². The van der Waals surface area contributed by atoms with E-state index in [9.17, 15) is 0 Å². The first-order valence-electron chi connectivity index (χ1n) is 43.0. The maximum Gasteiger partial charge on any atom is 0.261 e. The molecule has 6 heterocycles. The maximum absolute atomic E-state index is 16.5. The van der Waals surface area contributed by atoms with Crippen molar-refractivity contribution >= 4 is 91.4 Å². The van der Waals surface area contributed by atoms with Crippen molar-refractivity contribution in [1.82, 2.24) is 27.3 Å². The molecule has 11 rings (SSSR count).